The van der Waals surface area contributed by atoms with Gasteiger partial charge in [-0.25, -0.2) is 9.97 Å². The average Bonchev–Trinajstić information content (AvgIpc) is 2.69. The third-order valence-electron chi connectivity index (χ3n) is 2.13. The second-order valence-corrected chi connectivity index (χ2v) is 4.32. The third kappa shape index (κ3) is 2.26. The zero-order valence-electron chi connectivity index (χ0n) is 8.57. The molecule has 0 fully saturated rings. The van der Waals surface area contributed by atoms with E-state index in [1.54, 1.807) is 12.5 Å². The van der Waals surface area contributed by atoms with Crippen molar-refractivity contribution in [1.82, 2.24) is 9.97 Å². The maximum absolute atomic E-state index is 5.03. The van der Waals surface area contributed by atoms with Crippen LogP contribution in [-0.4, -0.2) is 9.97 Å². The molecule has 0 N–H and O–H groups in total. The van der Waals surface area contributed by atoms with E-state index in [1.165, 1.54) is 0 Å². The average molecular weight is 267 g/mol. The second kappa shape index (κ2) is 4.14. The van der Waals surface area contributed by atoms with E-state index in [2.05, 4.69) is 39.7 Å². The summed E-state index contributed by atoms with van der Waals surface area (Å²) in [4.78, 5) is 8.62. The minimum absolute atomic E-state index is 0.384. The summed E-state index contributed by atoms with van der Waals surface area (Å²) in [6.45, 7) is 4.21. The van der Waals surface area contributed by atoms with Crippen LogP contribution in [0, 0.1) is 0 Å². The summed E-state index contributed by atoms with van der Waals surface area (Å²) in [5, 5.41) is 0. The largest absolute Gasteiger partial charge is 0.472 e. The van der Waals surface area contributed by atoms with Crippen molar-refractivity contribution in [1.29, 1.82) is 0 Å². The van der Waals surface area contributed by atoms with Crippen LogP contribution in [0.25, 0.3) is 11.3 Å². The summed E-state index contributed by atoms with van der Waals surface area (Å²) >= 11 is 3.31. The molecule has 4 heteroatoms. The van der Waals surface area contributed by atoms with Crippen molar-refractivity contribution >= 4 is 15.9 Å². The van der Waals surface area contributed by atoms with Gasteiger partial charge in [-0.3, -0.25) is 0 Å². The van der Waals surface area contributed by atoms with Gasteiger partial charge in [0.25, 0.3) is 0 Å². The lowest BCUT2D eigenvalue weighted by atomic mass is 10.1. The molecule has 15 heavy (non-hydrogen) atoms. The van der Waals surface area contributed by atoms with Gasteiger partial charge in [0.15, 0.2) is 4.73 Å². The first-order valence-corrected chi connectivity index (χ1v) is 5.53. The van der Waals surface area contributed by atoms with Gasteiger partial charge < -0.3 is 4.42 Å². The van der Waals surface area contributed by atoms with Crippen molar-refractivity contribution in [2.75, 3.05) is 0 Å². The highest BCUT2D eigenvalue weighted by molar-refractivity contribution is 9.10. The zero-order chi connectivity index (χ0) is 10.8. The maximum atomic E-state index is 5.03. The standard InChI is InChI=1S/C11H11BrN2O/c1-7(2)9-5-10(14-11(12)13-9)8-3-4-15-6-8/h3-7H,1-2H3. The Kier molecular flexibility index (Phi) is 2.86. The molecular formula is C11H11BrN2O. The molecule has 0 spiro atoms. The fourth-order valence-electron chi connectivity index (χ4n) is 1.29. The number of nitrogens with zero attached hydrogens (tertiary/aromatic N) is 2. The van der Waals surface area contributed by atoms with Crippen molar-refractivity contribution in [3.8, 4) is 11.3 Å². The lowest BCUT2D eigenvalue weighted by molar-refractivity contribution is 0.568. The molecule has 0 saturated carbocycles. The molecule has 0 aromatic carbocycles. The Morgan fingerprint density at radius 2 is 2.13 bits per heavy atom. The van der Waals surface area contributed by atoms with E-state index in [1.807, 2.05) is 12.1 Å². The molecule has 0 bridgehead atoms. The van der Waals surface area contributed by atoms with E-state index in [0.717, 1.165) is 17.0 Å². The first-order chi connectivity index (χ1) is 7.16. The molecule has 0 saturated heterocycles. The summed E-state index contributed by atoms with van der Waals surface area (Å²) in [7, 11) is 0. The van der Waals surface area contributed by atoms with E-state index in [9.17, 15) is 0 Å². The van der Waals surface area contributed by atoms with Gasteiger partial charge in [0.2, 0.25) is 0 Å². The summed E-state index contributed by atoms with van der Waals surface area (Å²) < 4.78 is 5.65. The van der Waals surface area contributed by atoms with Gasteiger partial charge in [-0.1, -0.05) is 13.8 Å². The van der Waals surface area contributed by atoms with Crippen LogP contribution in [0.4, 0.5) is 0 Å². The zero-order valence-corrected chi connectivity index (χ0v) is 10.2. The van der Waals surface area contributed by atoms with E-state index in [4.69, 9.17) is 4.42 Å². The van der Waals surface area contributed by atoms with E-state index >= 15 is 0 Å². The van der Waals surface area contributed by atoms with Crippen LogP contribution in [0.5, 0.6) is 0 Å². The molecule has 0 amide bonds. The van der Waals surface area contributed by atoms with Gasteiger partial charge in [-0.05, 0) is 34.0 Å². The number of halogens is 1. The summed E-state index contributed by atoms with van der Waals surface area (Å²) in [6.07, 6.45) is 3.32. The van der Waals surface area contributed by atoms with Crippen molar-refractivity contribution in [2.24, 2.45) is 0 Å². The molecule has 2 aromatic rings. The van der Waals surface area contributed by atoms with Gasteiger partial charge in [-0.15, -0.1) is 0 Å². The molecule has 2 aromatic heterocycles. The Labute approximate surface area is 96.7 Å². The van der Waals surface area contributed by atoms with Crippen molar-refractivity contribution in [3.63, 3.8) is 0 Å². The number of hydrogen-bond donors (Lipinski definition) is 0. The highest BCUT2D eigenvalue weighted by Gasteiger charge is 2.08. The predicted octanol–water partition coefficient (Wildman–Crippen LogP) is 3.62. The lowest BCUT2D eigenvalue weighted by Crippen LogP contribution is -1.96. The topological polar surface area (TPSA) is 38.9 Å². The minimum atomic E-state index is 0.384. The number of aromatic nitrogens is 2. The third-order valence-corrected chi connectivity index (χ3v) is 2.48. The van der Waals surface area contributed by atoms with Crippen molar-refractivity contribution in [3.05, 3.63) is 35.1 Å². The molecule has 0 unspecified atom stereocenters. The van der Waals surface area contributed by atoms with Crippen LogP contribution in [-0.2, 0) is 0 Å². The quantitative estimate of drug-likeness (QED) is 0.780. The summed E-state index contributed by atoms with van der Waals surface area (Å²) in [5.41, 5.74) is 2.88. The Morgan fingerprint density at radius 1 is 1.33 bits per heavy atom. The molecule has 0 aliphatic heterocycles. The summed E-state index contributed by atoms with van der Waals surface area (Å²) in [5.74, 6) is 0.384. The number of furan rings is 1. The van der Waals surface area contributed by atoms with Gasteiger partial charge in [0, 0.05) is 11.3 Å². The van der Waals surface area contributed by atoms with Gasteiger partial charge in [0.05, 0.1) is 18.2 Å². The lowest BCUT2D eigenvalue weighted by Gasteiger charge is -2.06. The molecule has 2 heterocycles. The van der Waals surface area contributed by atoms with E-state index in [0.29, 0.717) is 10.7 Å². The van der Waals surface area contributed by atoms with Gasteiger partial charge in [-0.2, -0.15) is 0 Å². The highest BCUT2D eigenvalue weighted by atomic mass is 79.9. The highest BCUT2D eigenvalue weighted by Crippen LogP contribution is 2.23. The van der Waals surface area contributed by atoms with Gasteiger partial charge >= 0.3 is 0 Å². The first-order valence-electron chi connectivity index (χ1n) is 4.74. The summed E-state index contributed by atoms with van der Waals surface area (Å²) in [6, 6.07) is 3.87. The van der Waals surface area contributed by atoms with Crippen LogP contribution >= 0.6 is 15.9 Å². The maximum Gasteiger partial charge on any atom is 0.197 e. The number of rotatable bonds is 2. The molecule has 0 aliphatic rings. The molecule has 2 rings (SSSR count). The molecule has 78 valence electrons. The van der Waals surface area contributed by atoms with Crippen LogP contribution in [0.15, 0.2) is 33.8 Å². The Hall–Kier alpha value is -1.16. The number of hydrogen-bond acceptors (Lipinski definition) is 3. The Bertz CT molecular complexity index is 452. The van der Waals surface area contributed by atoms with E-state index < -0.39 is 0 Å². The normalized spacial score (nSPS) is 10.9. The second-order valence-electron chi connectivity index (χ2n) is 3.61. The predicted molar refractivity (Wildman–Crippen MR) is 61.5 cm³/mol. The van der Waals surface area contributed by atoms with E-state index in [-0.39, 0.29) is 0 Å². The van der Waals surface area contributed by atoms with Crippen molar-refractivity contribution < 1.29 is 4.42 Å². The van der Waals surface area contributed by atoms with Gasteiger partial charge in [0.1, 0.15) is 0 Å². The van der Waals surface area contributed by atoms with Crippen LogP contribution in [0.3, 0.4) is 0 Å². The fraction of sp³-hybridized carbons (Fsp3) is 0.273. The van der Waals surface area contributed by atoms with Crippen molar-refractivity contribution in [2.45, 2.75) is 19.8 Å². The van der Waals surface area contributed by atoms with Crippen LogP contribution in [0.2, 0.25) is 0 Å². The molecule has 0 aliphatic carbocycles. The Morgan fingerprint density at radius 3 is 2.73 bits per heavy atom. The smallest absolute Gasteiger partial charge is 0.197 e. The molecule has 0 atom stereocenters. The first kappa shape index (κ1) is 10.4. The Balaban J connectivity index is 2.49. The van der Waals surface area contributed by atoms with Crippen LogP contribution in [0.1, 0.15) is 25.5 Å². The monoisotopic (exact) mass is 266 g/mol. The fourth-order valence-corrected chi connectivity index (χ4v) is 1.69. The molecule has 3 nitrogen and oxygen atoms in total. The SMILES string of the molecule is CC(C)c1cc(-c2ccoc2)nc(Br)n1. The molecule has 0 radical (unpaired) electrons. The minimum Gasteiger partial charge on any atom is -0.472 e. The molecular weight excluding hydrogens is 256 g/mol. The van der Waals surface area contributed by atoms with Crippen LogP contribution < -0.4 is 0 Å².